The SMILES string of the molecule is CCOCCn1nc(CC)c2nc(N3CC[C@H](C(=O)O)C3)nc(Nc3ccccn3)c21. The molecule has 1 saturated heterocycles. The lowest BCUT2D eigenvalue weighted by atomic mass is 10.1. The lowest BCUT2D eigenvalue weighted by Gasteiger charge is -2.18. The van der Waals surface area contributed by atoms with Gasteiger partial charge in [-0.3, -0.25) is 9.48 Å². The second-order valence-corrected chi connectivity index (χ2v) is 7.40. The summed E-state index contributed by atoms with van der Waals surface area (Å²) in [5.41, 5.74) is 2.43. The van der Waals surface area contributed by atoms with E-state index in [2.05, 4.69) is 10.3 Å². The Morgan fingerprint density at radius 1 is 1.32 bits per heavy atom. The number of carbonyl (C=O) groups is 1. The summed E-state index contributed by atoms with van der Waals surface area (Å²) < 4.78 is 7.41. The van der Waals surface area contributed by atoms with Crippen LogP contribution in [0.1, 0.15) is 26.0 Å². The van der Waals surface area contributed by atoms with Gasteiger partial charge in [0.05, 0.1) is 24.8 Å². The fourth-order valence-electron chi connectivity index (χ4n) is 3.76. The van der Waals surface area contributed by atoms with Crippen molar-refractivity contribution in [3.63, 3.8) is 0 Å². The van der Waals surface area contributed by atoms with Crippen LogP contribution in [0.3, 0.4) is 0 Å². The molecule has 0 aliphatic carbocycles. The molecule has 3 aromatic heterocycles. The molecule has 3 aromatic rings. The van der Waals surface area contributed by atoms with Crippen LogP contribution in [0.5, 0.6) is 0 Å². The molecule has 0 radical (unpaired) electrons. The number of anilines is 3. The molecule has 0 bridgehead atoms. The van der Waals surface area contributed by atoms with E-state index >= 15 is 0 Å². The average Bonchev–Trinajstić information content (AvgIpc) is 3.40. The normalized spacial score (nSPS) is 16.2. The van der Waals surface area contributed by atoms with Crippen LogP contribution in [-0.4, -0.2) is 62.1 Å². The number of aryl methyl sites for hydroxylation is 1. The van der Waals surface area contributed by atoms with Crippen LogP contribution < -0.4 is 10.2 Å². The predicted octanol–water partition coefficient (Wildman–Crippen LogP) is 2.47. The summed E-state index contributed by atoms with van der Waals surface area (Å²) in [5.74, 6) is 0.572. The van der Waals surface area contributed by atoms with Gasteiger partial charge in [-0.05, 0) is 31.9 Å². The maximum absolute atomic E-state index is 11.4. The van der Waals surface area contributed by atoms with E-state index in [1.54, 1.807) is 6.20 Å². The number of aromatic nitrogens is 5. The quantitative estimate of drug-likeness (QED) is 0.498. The summed E-state index contributed by atoms with van der Waals surface area (Å²) in [6.45, 7) is 6.75. The molecule has 1 atom stereocenters. The monoisotopic (exact) mass is 425 g/mol. The van der Waals surface area contributed by atoms with Gasteiger partial charge >= 0.3 is 5.97 Å². The first kappa shape index (κ1) is 21.0. The van der Waals surface area contributed by atoms with Gasteiger partial charge in [-0.2, -0.15) is 10.1 Å². The minimum absolute atomic E-state index is 0.393. The Labute approximate surface area is 180 Å². The second kappa shape index (κ2) is 9.25. The summed E-state index contributed by atoms with van der Waals surface area (Å²) >= 11 is 0. The molecule has 4 rings (SSSR count). The van der Waals surface area contributed by atoms with Crippen molar-refractivity contribution >= 4 is 34.6 Å². The Bertz CT molecular complexity index is 1050. The highest BCUT2D eigenvalue weighted by Crippen LogP contribution is 2.30. The summed E-state index contributed by atoms with van der Waals surface area (Å²) in [5, 5.41) is 17.4. The molecule has 0 amide bonds. The fourth-order valence-corrected chi connectivity index (χ4v) is 3.76. The third kappa shape index (κ3) is 4.43. The molecule has 0 aromatic carbocycles. The largest absolute Gasteiger partial charge is 0.481 e. The zero-order valence-corrected chi connectivity index (χ0v) is 17.8. The number of rotatable bonds is 9. The first-order valence-electron chi connectivity index (χ1n) is 10.6. The average molecular weight is 425 g/mol. The van der Waals surface area contributed by atoms with Gasteiger partial charge in [0, 0.05) is 25.9 Å². The van der Waals surface area contributed by atoms with Crippen LogP contribution in [0.15, 0.2) is 24.4 Å². The van der Waals surface area contributed by atoms with Crippen molar-refractivity contribution in [1.82, 2.24) is 24.7 Å². The number of pyridine rings is 1. The van der Waals surface area contributed by atoms with Gasteiger partial charge in [0.15, 0.2) is 5.82 Å². The molecule has 0 spiro atoms. The van der Waals surface area contributed by atoms with E-state index in [1.807, 2.05) is 41.6 Å². The zero-order valence-electron chi connectivity index (χ0n) is 17.8. The number of hydrogen-bond acceptors (Lipinski definition) is 8. The molecule has 0 saturated carbocycles. The van der Waals surface area contributed by atoms with E-state index in [4.69, 9.17) is 19.8 Å². The highest BCUT2D eigenvalue weighted by molar-refractivity contribution is 5.90. The Kier molecular flexibility index (Phi) is 6.26. The van der Waals surface area contributed by atoms with Gasteiger partial charge in [-0.15, -0.1) is 0 Å². The maximum Gasteiger partial charge on any atom is 0.308 e. The van der Waals surface area contributed by atoms with Crippen LogP contribution in [-0.2, 0) is 22.5 Å². The molecule has 10 heteroatoms. The molecule has 4 heterocycles. The van der Waals surface area contributed by atoms with Crippen molar-refractivity contribution in [3.05, 3.63) is 30.1 Å². The molecular formula is C21H27N7O3. The summed E-state index contributed by atoms with van der Waals surface area (Å²) in [6.07, 6.45) is 3.01. The lowest BCUT2D eigenvalue weighted by molar-refractivity contribution is -0.140. The minimum Gasteiger partial charge on any atom is -0.481 e. The smallest absolute Gasteiger partial charge is 0.308 e. The van der Waals surface area contributed by atoms with E-state index < -0.39 is 11.9 Å². The number of nitrogens with zero attached hydrogens (tertiary/aromatic N) is 6. The number of carboxylic acid groups (broad SMARTS) is 1. The van der Waals surface area contributed by atoms with Crippen molar-refractivity contribution in [2.45, 2.75) is 33.2 Å². The molecule has 31 heavy (non-hydrogen) atoms. The first-order valence-corrected chi connectivity index (χ1v) is 10.6. The van der Waals surface area contributed by atoms with Crippen LogP contribution in [0.2, 0.25) is 0 Å². The molecule has 164 valence electrons. The van der Waals surface area contributed by atoms with Crippen molar-refractivity contribution in [2.75, 3.05) is 36.5 Å². The van der Waals surface area contributed by atoms with E-state index in [0.717, 1.165) is 23.1 Å². The molecule has 10 nitrogen and oxygen atoms in total. The third-order valence-electron chi connectivity index (χ3n) is 5.36. The lowest BCUT2D eigenvalue weighted by Crippen LogP contribution is -2.24. The maximum atomic E-state index is 11.4. The van der Waals surface area contributed by atoms with E-state index in [9.17, 15) is 9.90 Å². The highest BCUT2D eigenvalue weighted by atomic mass is 16.5. The van der Waals surface area contributed by atoms with Crippen LogP contribution >= 0.6 is 0 Å². The Hall–Kier alpha value is -3.27. The Morgan fingerprint density at radius 2 is 2.19 bits per heavy atom. The Balaban J connectivity index is 1.79. The summed E-state index contributed by atoms with van der Waals surface area (Å²) in [4.78, 5) is 27.3. The van der Waals surface area contributed by atoms with Gasteiger partial charge in [0.2, 0.25) is 5.95 Å². The standard InChI is InChI=1S/C21H27N7O3/c1-3-15-17-18(28(26-15)11-12-31-4-2)19(23-16-7-5-6-9-22-16)25-21(24-17)27-10-8-14(13-27)20(29)30/h5-7,9,14H,3-4,8,10-13H2,1-2H3,(H,29,30)(H,22,23,24,25)/t14-/m0/s1. The minimum atomic E-state index is -0.784. The van der Waals surface area contributed by atoms with Crippen LogP contribution in [0.25, 0.3) is 11.0 Å². The zero-order chi connectivity index (χ0) is 21.8. The van der Waals surface area contributed by atoms with Gasteiger partial charge < -0.3 is 20.1 Å². The molecule has 1 fully saturated rings. The highest BCUT2D eigenvalue weighted by Gasteiger charge is 2.30. The van der Waals surface area contributed by atoms with Gasteiger partial charge in [0.1, 0.15) is 16.9 Å². The van der Waals surface area contributed by atoms with Crippen molar-refractivity contribution in [3.8, 4) is 0 Å². The van der Waals surface area contributed by atoms with Gasteiger partial charge in [-0.1, -0.05) is 13.0 Å². The van der Waals surface area contributed by atoms with Gasteiger partial charge in [0.25, 0.3) is 0 Å². The van der Waals surface area contributed by atoms with Crippen LogP contribution in [0, 0.1) is 5.92 Å². The Morgan fingerprint density at radius 3 is 2.87 bits per heavy atom. The predicted molar refractivity (Wildman–Crippen MR) is 117 cm³/mol. The fraction of sp³-hybridized carbons (Fsp3) is 0.476. The molecule has 1 aliphatic heterocycles. The van der Waals surface area contributed by atoms with Crippen molar-refractivity contribution < 1.29 is 14.6 Å². The number of aliphatic carboxylic acids is 1. The van der Waals surface area contributed by atoms with Crippen molar-refractivity contribution in [1.29, 1.82) is 0 Å². The van der Waals surface area contributed by atoms with E-state index in [-0.39, 0.29) is 0 Å². The summed E-state index contributed by atoms with van der Waals surface area (Å²) in [7, 11) is 0. The first-order chi connectivity index (χ1) is 15.1. The van der Waals surface area contributed by atoms with E-state index in [1.165, 1.54) is 0 Å². The topological polar surface area (TPSA) is 118 Å². The third-order valence-corrected chi connectivity index (χ3v) is 5.36. The van der Waals surface area contributed by atoms with Crippen LogP contribution in [0.4, 0.5) is 17.6 Å². The summed E-state index contributed by atoms with van der Waals surface area (Å²) in [6, 6.07) is 5.62. The number of ether oxygens (including phenoxy) is 1. The van der Waals surface area contributed by atoms with Gasteiger partial charge in [-0.25, -0.2) is 9.97 Å². The van der Waals surface area contributed by atoms with Crippen molar-refractivity contribution in [2.24, 2.45) is 5.92 Å². The molecule has 1 aliphatic rings. The molecule has 2 N–H and O–H groups in total. The number of fused-ring (bicyclic) bond motifs is 1. The molecule has 0 unspecified atom stereocenters. The second-order valence-electron chi connectivity index (χ2n) is 7.40. The molecular weight excluding hydrogens is 398 g/mol. The number of hydrogen-bond donors (Lipinski definition) is 2. The number of carboxylic acids is 1. The number of nitrogens with one attached hydrogen (secondary N) is 1. The van der Waals surface area contributed by atoms with E-state index in [0.29, 0.717) is 56.9 Å².